The Balaban J connectivity index is 2.04. The molecule has 2 N–H and O–H groups in total. The van der Waals surface area contributed by atoms with E-state index in [2.05, 4.69) is 4.72 Å². The Morgan fingerprint density at radius 2 is 1.88 bits per heavy atom. The highest BCUT2D eigenvalue weighted by Crippen LogP contribution is 2.14. The van der Waals surface area contributed by atoms with Gasteiger partial charge in [-0.2, -0.15) is 0 Å². The number of sulfonamides is 1. The molecule has 2 rings (SSSR count). The predicted octanol–water partition coefficient (Wildman–Crippen LogP) is 2.40. The van der Waals surface area contributed by atoms with Crippen LogP contribution in [0.4, 0.5) is 0 Å². The molecule has 0 saturated heterocycles. The molecule has 0 aliphatic carbocycles. The largest absolute Gasteiger partial charge is 0.481 e. The zero-order valence-electron chi connectivity index (χ0n) is 12.5. The number of carboxylic acids is 1. The monoisotopic (exact) mass is 365 g/mol. The molecule has 0 spiro atoms. The molecule has 6 nitrogen and oxygen atoms in total. The first-order valence-electron chi connectivity index (χ1n) is 6.96. The van der Waals surface area contributed by atoms with Crippen LogP contribution in [0.3, 0.4) is 0 Å². The molecule has 0 aliphatic heterocycles. The van der Waals surface area contributed by atoms with Gasteiger partial charge in [-0.25, -0.2) is 13.1 Å². The predicted molar refractivity (Wildman–Crippen MR) is 91.6 cm³/mol. The van der Waals surface area contributed by atoms with Gasteiger partial charge < -0.3 is 5.11 Å². The van der Waals surface area contributed by atoms with Crippen molar-refractivity contribution in [3.05, 3.63) is 58.3 Å². The molecule has 0 bridgehead atoms. The van der Waals surface area contributed by atoms with Gasteiger partial charge in [0.05, 0.1) is 11.3 Å². The first-order chi connectivity index (χ1) is 11.4. The zero-order valence-corrected chi connectivity index (χ0v) is 14.1. The molecule has 1 heterocycles. The average molecular weight is 365 g/mol. The molecule has 0 saturated carbocycles. The van der Waals surface area contributed by atoms with E-state index in [9.17, 15) is 18.0 Å². The minimum Gasteiger partial charge on any atom is -0.481 e. The number of rotatable bonds is 8. The van der Waals surface area contributed by atoms with Gasteiger partial charge in [0.15, 0.2) is 5.78 Å². The third-order valence-electron chi connectivity index (χ3n) is 3.02. The van der Waals surface area contributed by atoms with Gasteiger partial charge in [-0.1, -0.05) is 6.07 Å². The number of nitrogens with one attached hydrogen (secondary N) is 1. The van der Waals surface area contributed by atoms with Crippen LogP contribution in [0.2, 0.25) is 0 Å². The Morgan fingerprint density at radius 3 is 2.46 bits per heavy atom. The number of aliphatic carboxylic acids is 1. The van der Waals surface area contributed by atoms with Gasteiger partial charge in [-0.15, -0.1) is 11.3 Å². The summed E-state index contributed by atoms with van der Waals surface area (Å²) in [6.45, 7) is -0.193. The maximum Gasteiger partial charge on any atom is 0.304 e. The lowest BCUT2D eigenvalue weighted by Gasteiger charge is -2.06. The van der Waals surface area contributed by atoms with Crippen LogP contribution in [0.15, 0.2) is 52.7 Å². The van der Waals surface area contributed by atoms with E-state index in [4.69, 9.17) is 5.11 Å². The van der Waals surface area contributed by atoms with E-state index < -0.39 is 16.0 Å². The average Bonchev–Trinajstić information content (AvgIpc) is 3.05. The molecule has 0 amide bonds. The van der Waals surface area contributed by atoms with Crippen LogP contribution in [0, 0.1) is 0 Å². The first kappa shape index (κ1) is 18.1. The van der Waals surface area contributed by atoms with Crippen LogP contribution < -0.4 is 4.72 Å². The number of carboxylic acid groups (broad SMARTS) is 1. The van der Waals surface area contributed by atoms with Crippen LogP contribution in [0.1, 0.15) is 21.7 Å². The number of ketones is 1. The van der Waals surface area contributed by atoms with Crippen molar-refractivity contribution in [3.63, 3.8) is 0 Å². The van der Waals surface area contributed by atoms with Crippen LogP contribution >= 0.6 is 11.3 Å². The molecule has 1 aromatic heterocycles. The summed E-state index contributed by atoms with van der Waals surface area (Å²) in [5.41, 5.74) is 0.368. The standard InChI is InChI=1S/C16H15NO5S2/c18-15(8-5-13-2-1-11-23-13)12-3-6-14(7-4-12)24(21,22)17-10-9-16(19)20/h1-8,11,17H,9-10H2,(H,19,20)/b8-5+. The normalized spacial score (nSPS) is 11.7. The van der Waals surface area contributed by atoms with E-state index in [1.807, 2.05) is 17.5 Å². The fourth-order valence-corrected chi connectivity index (χ4v) is 3.46. The van der Waals surface area contributed by atoms with Gasteiger partial charge in [0.2, 0.25) is 10.0 Å². The second-order valence-corrected chi connectivity index (χ2v) is 7.53. The molecule has 0 atom stereocenters. The fraction of sp³-hybridized carbons (Fsp3) is 0.125. The second kappa shape index (κ2) is 8.00. The van der Waals surface area contributed by atoms with E-state index in [1.54, 1.807) is 6.08 Å². The molecular formula is C16H15NO5S2. The van der Waals surface area contributed by atoms with Crippen molar-refractivity contribution in [2.45, 2.75) is 11.3 Å². The Hall–Kier alpha value is -2.29. The number of hydrogen-bond donors (Lipinski definition) is 2. The smallest absolute Gasteiger partial charge is 0.304 e. The SMILES string of the molecule is O=C(O)CCNS(=O)(=O)c1ccc(C(=O)/C=C/c2cccs2)cc1. The lowest BCUT2D eigenvalue weighted by atomic mass is 10.1. The Morgan fingerprint density at radius 1 is 1.17 bits per heavy atom. The van der Waals surface area contributed by atoms with Crippen molar-refractivity contribution in [1.82, 2.24) is 4.72 Å². The van der Waals surface area contributed by atoms with Gasteiger partial charge in [0.25, 0.3) is 0 Å². The molecule has 0 unspecified atom stereocenters. The third kappa shape index (κ3) is 5.12. The van der Waals surface area contributed by atoms with E-state index in [1.165, 1.54) is 41.7 Å². The minimum atomic E-state index is -3.79. The molecular weight excluding hydrogens is 350 g/mol. The topological polar surface area (TPSA) is 101 Å². The van der Waals surface area contributed by atoms with Crippen molar-refractivity contribution in [2.75, 3.05) is 6.54 Å². The van der Waals surface area contributed by atoms with E-state index in [0.29, 0.717) is 5.56 Å². The summed E-state index contributed by atoms with van der Waals surface area (Å²) in [6, 6.07) is 9.24. The highest BCUT2D eigenvalue weighted by Gasteiger charge is 2.14. The van der Waals surface area contributed by atoms with Gasteiger partial charge in [0, 0.05) is 17.0 Å². The van der Waals surface area contributed by atoms with E-state index in [-0.39, 0.29) is 23.6 Å². The van der Waals surface area contributed by atoms with Crippen LogP contribution in [0.5, 0.6) is 0 Å². The van der Waals surface area contributed by atoms with Gasteiger partial charge in [-0.05, 0) is 47.9 Å². The summed E-state index contributed by atoms with van der Waals surface area (Å²) < 4.78 is 26.1. The van der Waals surface area contributed by atoms with E-state index in [0.717, 1.165) is 4.88 Å². The summed E-state index contributed by atoms with van der Waals surface area (Å²) in [6.07, 6.45) is 2.83. The fourth-order valence-electron chi connectivity index (χ4n) is 1.81. The van der Waals surface area contributed by atoms with Crippen LogP contribution in [0.25, 0.3) is 6.08 Å². The van der Waals surface area contributed by atoms with E-state index >= 15 is 0 Å². The van der Waals surface area contributed by atoms with Gasteiger partial charge in [-0.3, -0.25) is 9.59 Å². The molecule has 0 aliphatic rings. The summed E-state index contributed by atoms with van der Waals surface area (Å²) >= 11 is 1.51. The first-order valence-corrected chi connectivity index (χ1v) is 9.32. The lowest BCUT2D eigenvalue weighted by molar-refractivity contribution is -0.136. The maximum absolute atomic E-state index is 12.0. The zero-order chi connectivity index (χ0) is 17.6. The minimum absolute atomic E-state index is 0.0216. The number of benzene rings is 1. The number of hydrogen-bond acceptors (Lipinski definition) is 5. The third-order valence-corrected chi connectivity index (χ3v) is 5.34. The highest BCUT2D eigenvalue weighted by molar-refractivity contribution is 7.89. The molecule has 126 valence electrons. The number of allylic oxidation sites excluding steroid dienone is 1. The lowest BCUT2D eigenvalue weighted by Crippen LogP contribution is -2.26. The van der Waals surface area contributed by atoms with Crippen molar-refractivity contribution in [1.29, 1.82) is 0 Å². The van der Waals surface area contributed by atoms with Crippen molar-refractivity contribution < 1.29 is 23.1 Å². The molecule has 2 aromatic rings. The Bertz CT molecular complexity index is 837. The molecule has 24 heavy (non-hydrogen) atoms. The van der Waals surface area contributed by atoms with Crippen LogP contribution in [-0.4, -0.2) is 31.8 Å². The molecule has 0 fully saturated rings. The molecule has 1 aromatic carbocycles. The number of carbonyl (C=O) groups is 2. The maximum atomic E-state index is 12.0. The summed E-state index contributed by atoms with van der Waals surface area (Å²) in [5, 5.41) is 10.4. The van der Waals surface area contributed by atoms with Crippen molar-refractivity contribution >= 4 is 39.2 Å². The molecule has 0 radical (unpaired) electrons. The van der Waals surface area contributed by atoms with Crippen molar-refractivity contribution in [2.24, 2.45) is 0 Å². The molecule has 8 heteroatoms. The van der Waals surface area contributed by atoms with Crippen LogP contribution in [-0.2, 0) is 14.8 Å². The van der Waals surface area contributed by atoms with Gasteiger partial charge in [0.1, 0.15) is 0 Å². The Labute approximate surface area is 143 Å². The summed E-state index contributed by atoms with van der Waals surface area (Å²) in [4.78, 5) is 23.4. The second-order valence-electron chi connectivity index (χ2n) is 4.78. The quantitative estimate of drug-likeness (QED) is 0.553. The summed E-state index contributed by atoms with van der Waals surface area (Å²) in [7, 11) is -3.79. The number of thiophene rings is 1. The summed E-state index contributed by atoms with van der Waals surface area (Å²) in [5.74, 6) is -1.32. The van der Waals surface area contributed by atoms with Crippen molar-refractivity contribution in [3.8, 4) is 0 Å². The highest BCUT2D eigenvalue weighted by atomic mass is 32.2. The number of carbonyl (C=O) groups excluding carboxylic acids is 1. The van der Waals surface area contributed by atoms with Gasteiger partial charge >= 0.3 is 5.97 Å². The Kier molecular flexibility index (Phi) is 6.02.